The monoisotopic (exact) mass is 303 g/mol. The van der Waals surface area contributed by atoms with Crippen molar-refractivity contribution in [2.24, 2.45) is 5.10 Å². The highest BCUT2D eigenvalue weighted by atomic mass is 16.5. The second-order valence-electron chi connectivity index (χ2n) is 5.48. The Morgan fingerprint density at radius 1 is 1.18 bits per heavy atom. The van der Waals surface area contributed by atoms with Crippen molar-refractivity contribution >= 4 is 17.5 Å². The Hall–Kier alpha value is -2.04. The zero-order valence-corrected chi connectivity index (χ0v) is 13.5. The standard InChI is InChI=1S/C17H25N3O2/c1-3-22-17(21)19-18-14(2)15-8-10-16(11-9-15)20-12-6-4-5-7-13-20/h8-11H,3-7,12-13H2,1-2H3,(H,19,21)/b18-14-. The number of ether oxygens (including phenoxy) is 1. The number of hydrogen-bond donors (Lipinski definition) is 1. The van der Waals surface area contributed by atoms with Crippen LogP contribution >= 0.6 is 0 Å². The van der Waals surface area contributed by atoms with Gasteiger partial charge in [0.1, 0.15) is 0 Å². The maximum absolute atomic E-state index is 11.2. The molecule has 0 bridgehead atoms. The Morgan fingerprint density at radius 3 is 2.41 bits per heavy atom. The van der Waals surface area contributed by atoms with E-state index in [0.717, 1.165) is 24.4 Å². The molecule has 1 aromatic carbocycles. The molecule has 1 amide bonds. The number of hydrazone groups is 1. The fraction of sp³-hybridized carbons (Fsp3) is 0.529. The summed E-state index contributed by atoms with van der Waals surface area (Å²) in [5, 5.41) is 4.05. The van der Waals surface area contributed by atoms with Crippen LogP contribution in [0.1, 0.15) is 45.1 Å². The Kier molecular flexibility index (Phi) is 6.25. The highest BCUT2D eigenvalue weighted by Gasteiger charge is 2.10. The molecule has 22 heavy (non-hydrogen) atoms. The summed E-state index contributed by atoms with van der Waals surface area (Å²) in [5.41, 5.74) is 5.40. The first-order chi connectivity index (χ1) is 10.7. The normalized spacial score (nSPS) is 16.1. The summed E-state index contributed by atoms with van der Waals surface area (Å²) in [4.78, 5) is 13.7. The van der Waals surface area contributed by atoms with Crippen LogP contribution in [0.4, 0.5) is 10.5 Å². The third kappa shape index (κ3) is 4.76. The van der Waals surface area contributed by atoms with Crippen molar-refractivity contribution in [1.82, 2.24) is 5.43 Å². The minimum Gasteiger partial charge on any atom is -0.449 e. The van der Waals surface area contributed by atoms with Gasteiger partial charge in [-0.25, -0.2) is 10.2 Å². The second kappa shape index (κ2) is 8.41. The van der Waals surface area contributed by atoms with Crippen LogP contribution in [0, 0.1) is 0 Å². The lowest BCUT2D eigenvalue weighted by molar-refractivity contribution is 0.152. The first-order valence-corrected chi connectivity index (χ1v) is 8.03. The molecule has 1 aliphatic rings. The molecule has 0 aliphatic carbocycles. The summed E-state index contributed by atoms with van der Waals surface area (Å²) in [6.45, 7) is 6.24. The fourth-order valence-corrected chi connectivity index (χ4v) is 2.60. The van der Waals surface area contributed by atoms with Crippen molar-refractivity contribution in [2.75, 3.05) is 24.6 Å². The quantitative estimate of drug-likeness (QED) is 0.684. The molecule has 0 radical (unpaired) electrons. The van der Waals surface area contributed by atoms with Gasteiger partial charge in [0.2, 0.25) is 0 Å². The summed E-state index contributed by atoms with van der Waals surface area (Å²) in [5.74, 6) is 0. The number of hydrogen-bond acceptors (Lipinski definition) is 4. The molecule has 0 unspecified atom stereocenters. The molecule has 1 heterocycles. The Balaban J connectivity index is 1.98. The number of anilines is 1. The number of amides is 1. The maximum atomic E-state index is 11.2. The molecule has 2 rings (SSSR count). The van der Waals surface area contributed by atoms with Gasteiger partial charge in [0.05, 0.1) is 12.3 Å². The predicted molar refractivity (Wildman–Crippen MR) is 89.5 cm³/mol. The first kappa shape index (κ1) is 16.3. The van der Waals surface area contributed by atoms with Gasteiger partial charge in [-0.2, -0.15) is 5.10 Å². The van der Waals surface area contributed by atoms with Crippen molar-refractivity contribution in [1.29, 1.82) is 0 Å². The third-order valence-corrected chi connectivity index (χ3v) is 3.85. The highest BCUT2D eigenvalue weighted by Crippen LogP contribution is 2.20. The zero-order valence-electron chi connectivity index (χ0n) is 13.5. The van der Waals surface area contributed by atoms with Gasteiger partial charge in [-0.05, 0) is 44.4 Å². The van der Waals surface area contributed by atoms with Gasteiger partial charge in [0.15, 0.2) is 0 Å². The van der Waals surface area contributed by atoms with Crippen LogP contribution in [0.2, 0.25) is 0 Å². The number of rotatable bonds is 4. The van der Waals surface area contributed by atoms with E-state index in [4.69, 9.17) is 4.74 Å². The van der Waals surface area contributed by atoms with E-state index in [2.05, 4.69) is 27.6 Å². The molecule has 1 aromatic rings. The molecule has 0 saturated carbocycles. The molecular formula is C17H25N3O2. The van der Waals surface area contributed by atoms with E-state index in [1.165, 1.54) is 31.4 Å². The average Bonchev–Trinajstić information content (AvgIpc) is 2.82. The fourth-order valence-electron chi connectivity index (χ4n) is 2.60. The second-order valence-corrected chi connectivity index (χ2v) is 5.48. The van der Waals surface area contributed by atoms with Crippen LogP contribution in [0.3, 0.4) is 0 Å². The third-order valence-electron chi connectivity index (χ3n) is 3.85. The number of carbonyl (C=O) groups excluding carboxylic acids is 1. The minimum absolute atomic E-state index is 0.338. The van der Waals surface area contributed by atoms with Crippen LogP contribution in [-0.4, -0.2) is 31.5 Å². The van der Waals surface area contributed by atoms with Gasteiger partial charge >= 0.3 is 6.09 Å². The summed E-state index contributed by atoms with van der Waals surface area (Å²) in [6.07, 6.45) is 4.68. The Labute approximate surface area is 132 Å². The molecule has 5 heteroatoms. The maximum Gasteiger partial charge on any atom is 0.427 e. The van der Waals surface area contributed by atoms with Crippen molar-refractivity contribution < 1.29 is 9.53 Å². The predicted octanol–water partition coefficient (Wildman–Crippen LogP) is 3.54. The van der Waals surface area contributed by atoms with E-state index in [0.29, 0.717) is 6.61 Å². The zero-order chi connectivity index (χ0) is 15.8. The first-order valence-electron chi connectivity index (χ1n) is 8.03. The van der Waals surface area contributed by atoms with Gasteiger partial charge in [-0.1, -0.05) is 25.0 Å². The van der Waals surface area contributed by atoms with E-state index in [1.54, 1.807) is 6.92 Å². The highest BCUT2D eigenvalue weighted by molar-refractivity contribution is 5.99. The minimum atomic E-state index is -0.525. The van der Waals surface area contributed by atoms with E-state index in [9.17, 15) is 4.79 Å². The molecular weight excluding hydrogens is 278 g/mol. The Morgan fingerprint density at radius 2 is 1.82 bits per heavy atom. The molecule has 0 atom stereocenters. The van der Waals surface area contributed by atoms with Crippen molar-refractivity contribution in [2.45, 2.75) is 39.5 Å². The smallest absolute Gasteiger partial charge is 0.427 e. The van der Waals surface area contributed by atoms with E-state index < -0.39 is 6.09 Å². The number of nitrogens with one attached hydrogen (secondary N) is 1. The van der Waals surface area contributed by atoms with Crippen LogP contribution in [0.5, 0.6) is 0 Å². The van der Waals surface area contributed by atoms with Gasteiger partial charge in [0, 0.05) is 18.8 Å². The largest absolute Gasteiger partial charge is 0.449 e. The lowest BCUT2D eigenvalue weighted by Gasteiger charge is -2.22. The molecule has 1 aliphatic heterocycles. The summed E-state index contributed by atoms with van der Waals surface area (Å²) in [7, 11) is 0. The summed E-state index contributed by atoms with van der Waals surface area (Å²) in [6, 6.07) is 8.35. The number of carbonyl (C=O) groups is 1. The number of benzene rings is 1. The number of nitrogens with zero attached hydrogens (tertiary/aromatic N) is 2. The molecule has 5 nitrogen and oxygen atoms in total. The summed E-state index contributed by atoms with van der Waals surface area (Å²) >= 11 is 0. The molecule has 0 aromatic heterocycles. The van der Waals surface area contributed by atoms with E-state index in [1.807, 2.05) is 19.1 Å². The average molecular weight is 303 g/mol. The lowest BCUT2D eigenvalue weighted by Crippen LogP contribution is -2.23. The summed E-state index contributed by atoms with van der Waals surface area (Å²) < 4.78 is 4.77. The van der Waals surface area contributed by atoms with Gasteiger partial charge in [0.25, 0.3) is 0 Å². The van der Waals surface area contributed by atoms with Crippen molar-refractivity contribution in [3.63, 3.8) is 0 Å². The van der Waals surface area contributed by atoms with E-state index in [-0.39, 0.29) is 0 Å². The molecule has 120 valence electrons. The van der Waals surface area contributed by atoms with E-state index >= 15 is 0 Å². The molecule has 1 saturated heterocycles. The van der Waals surface area contributed by atoms with Crippen LogP contribution in [0.15, 0.2) is 29.4 Å². The van der Waals surface area contributed by atoms with Gasteiger partial charge < -0.3 is 9.64 Å². The molecule has 1 fully saturated rings. The molecule has 1 N–H and O–H groups in total. The van der Waals surface area contributed by atoms with Gasteiger partial charge in [-0.3, -0.25) is 0 Å². The topological polar surface area (TPSA) is 53.9 Å². The molecule has 0 spiro atoms. The van der Waals surface area contributed by atoms with Crippen LogP contribution < -0.4 is 10.3 Å². The lowest BCUT2D eigenvalue weighted by atomic mass is 10.1. The van der Waals surface area contributed by atoms with Gasteiger partial charge in [-0.15, -0.1) is 0 Å². The van der Waals surface area contributed by atoms with Crippen LogP contribution in [0.25, 0.3) is 0 Å². The van der Waals surface area contributed by atoms with Crippen molar-refractivity contribution in [3.05, 3.63) is 29.8 Å². The SMILES string of the molecule is CCOC(=O)N/N=C(/C)c1ccc(N2CCCCCC2)cc1. The van der Waals surface area contributed by atoms with Crippen molar-refractivity contribution in [3.8, 4) is 0 Å². The Bertz CT molecular complexity index is 503. The van der Waals surface area contributed by atoms with Crippen LogP contribution in [-0.2, 0) is 4.74 Å².